The number of piperazine rings is 1. The summed E-state index contributed by atoms with van der Waals surface area (Å²) in [4.78, 5) is 30.0. The van der Waals surface area contributed by atoms with E-state index in [1.807, 2.05) is 24.3 Å². The van der Waals surface area contributed by atoms with E-state index in [0.717, 1.165) is 43.4 Å². The maximum Gasteiger partial charge on any atom is 0.252 e. The number of aliphatic hydroxyl groups excluding tert-OH is 2. The second-order valence-corrected chi connectivity index (χ2v) is 9.69. The van der Waals surface area contributed by atoms with E-state index in [0.29, 0.717) is 30.2 Å². The number of nitrogens with zero attached hydrogens (tertiary/aromatic N) is 6. The van der Waals surface area contributed by atoms with E-state index in [9.17, 15) is 15.0 Å². The molecule has 2 aliphatic heterocycles. The molecule has 38 heavy (non-hydrogen) atoms. The smallest absolute Gasteiger partial charge is 0.252 e. The number of benzene rings is 1. The maximum absolute atomic E-state index is 12.2. The van der Waals surface area contributed by atoms with Crippen LogP contribution in [0.15, 0.2) is 30.6 Å². The van der Waals surface area contributed by atoms with Crippen LogP contribution in [0.25, 0.3) is 11.2 Å². The van der Waals surface area contributed by atoms with Gasteiger partial charge in [-0.1, -0.05) is 23.7 Å². The Morgan fingerprint density at radius 2 is 1.95 bits per heavy atom. The van der Waals surface area contributed by atoms with Gasteiger partial charge >= 0.3 is 0 Å². The van der Waals surface area contributed by atoms with Gasteiger partial charge in [0.05, 0.1) is 17.0 Å². The lowest BCUT2D eigenvalue weighted by molar-refractivity contribution is -0.137. The van der Waals surface area contributed by atoms with Crippen LogP contribution in [-0.4, -0.2) is 105 Å². The standard InChI is InChI=1S/C24H32ClN9O4/c1-2-27-22(37)19-17(35)18(36)23(38-19)34-13-29-16-20(26)30-24(31-21(16)34)28-7-8-32-9-11-33(12-10-32)15-6-4-3-5-14(15)25/h3-6,13,17-19,23,35-36H,2,7-12H2,1H3,(H,27,37)(H3,26,28,30,31)/t17-,18+,19-,23+/m0/s1. The number of fused-ring (bicyclic) bond motifs is 1. The van der Waals surface area contributed by atoms with Crippen molar-refractivity contribution in [3.63, 3.8) is 0 Å². The van der Waals surface area contributed by atoms with Gasteiger partial charge in [-0.3, -0.25) is 14.3 Å². The minimum absolute atomic E-state index is 0.165. The number of hydrogen-bond donors (Lipinski definition) is 5. The van der Waals surface area contributed by atoms with Crippen LogP contribution in [0, 0.1) is 0 Å². The van der Waals surface area contributed by atoms with Crippen molar-refractivity contribution in [1.29, 1.82) is 0 Å². The number of nitrogens with two attached hydrogens (primary N) is 1. The van der Waals surface area contributed by atoms with Crippen LogP contribution in [0.1, 0.15) is 13.2 Å². The number of hydrogen-bond acceptors (Lipinski definition) is 11. The molecule has 2 saturated heterocycles. The second kappa shape index (κ2) is 11.3. The van der Waals surface area contributed by atoms with Crippen molar-refractivity contribution in [3.8, 4) is 0 Å². The summed E-state index contributed by atoms with van der Waals surface area (Å²) < 4.78 is 7.17. The van der Waals surface area contributed by atoms with Crippen molar-refractivity contribution in [1.82, 2.24) is 29.7 Å². The Balaban J connectivity index is 1.21. The first-order valence-corrected chi connectivity index (χ1v) is 13.0. The molecule has 4 atom stereocenters. The van der Waals surface area contributed by atoms with Crippen LogP contribution in [0.2, 0.25) is 5.02 Å². The van der Waals surface area contributed by atoms with Crippen molar-refractivity contribution in [2.75, 3.05) is 61.8 Å². The number of amides is 1. The zero-order valence-corrected chi connectivity index (χ0v) is 21.8. The fourth-order valence-corrected chi connectivity index (χ4v) is 5.09. The van der Waals surface area contributed by atoms with E-state index in [-0.39, 0.29) is 5.82 Å². The molecule has 0 bridgehead atoms. The summed E-state index contributed by atoms with van der Waals surface area (Å²) >= 11 is 6.35. The van der Waals surface area contributed by atoms with E-state index in [1.54, 1.807) is 6.92 Å². The van der Waals surface area contributed by atoms with Crippen molar-refractivity contribution in [2.45, 2.75) is 31.5 Å². The van der Waals surface area contributed by atoms with Gasteiger partial charge < -0.3 is 36.2 Å². The van der Waals surface area contributed by atoms with Crippen LogP contribution >= 0.6 is 11.6 Å². The first kappa shape index (κ1) is 26.4. The Morgan fingerprint density at radius 3 is 2.68 bits per heavy atom. The molecule has 6 N–H and O–H groups in total. The first-order valence-electron chi connectivity index (χ1n) is 12.6. The number of para-hydroxylation sites is 1. The number of imidazole rings is 1. The van der Waals surface area contributed by atoms with E-state index in [4.69, 9.17) is 22.1 Å². The molecule has 3 aromatic rings. The molecule has 0 radical (unpaired) electrons. The minimum atomic E-state index is -1.40. The molecule has 2 aromatic heterocycles. The SMILES string of the molecule is CCNC(=O)[C@H]1O[C@@H](n2cnc3c(N)nc(NCCN4CCN(c5ccccc5Cl)CC4)nc32)[C@H](O)[C@@H]1O. The van der Waals surface area contributed by atoms with Crippen LogP contribution in [0.4, 0.5) is 17.5 Å². The summed E-state index contributed by atoms with van der Waals surface area (Å²) in [5.74, 6) is -0.0344. The Bertz CT molecular complexity index is 1280. The number of halogens is 1. The van der Waals surface area contributed by atoms with Gasteiger partial charge in [-0.2, -0.15) is 9.97 Å². The summed E-state index contributed by atoms with van der Waals surface area (Å²) in [7, 11) is 0. The zero-order valence-electron chi connectivity index (χ0n) is 21.0. The summed E-state index contributed by atoms with van der Waals surface area (Å²) in [5.41, 5.74) is 7.84. The van der Waals surface area contributed by atoms with Crippen LogP contribution in [0.3, 0.4) is 0 Å². The predicted octanol–water partition coefficient (Wildman–Crippen LogP) is 0.0513. The van der Waals surface area contributed by atoms with Crippen LogP contribution < -0.4 is 21.3 Å². The molecule has 0 spiro atoms. The summed E-state index contributed by atoms with van der Waals surface area (Å²) in [6.07, 6.45) is -3.66. The first-order chi connectivity index (χ1) is 18.4. The molecular weight excluding hydrogens is 514 g/mol. The fourth-order valence-electron chi connectivity index (χ4n) is 4.83. The molecule has 2 aliphatic rings. The van der Waals surface area contributed by atoms with Crippen LogP contribution in [0.5, 0.6) is 0 Å². The quantitative estimate of drug-likeness (QED) is 0.259. The third-order valence-electron chi connectivity index (χ3n) is 6.85. The molecular formula is C24H32ClN9O4. The highest BCUT2D eigenvalue weighted by molar-refractivity contribution is 6.33. The van der Waals surface area contributed by atoms with Gasteiger partial charge in [0, 0.05) is 45.8 Å². The number of ether oxygens (including phenoxy) is 1. The lowest BCUT2D eigenvalue weighted by Crippen LogP contribution is -2.47. The van der Waals surface area contributed by atoms with Gasteiger partial charge in [-0.15, -0.1) is 0 Å². The van der Waals surface area contributed by atoms with Gasteiger partial charge in [0.15, 0.2) is 23.8 Å². The Kier molecular flexibility index (Phi) is 7.81. The monoisotopic (exact) mass is 545 g/mol. The van der Waals surface area contributed by atoms with Crippen molar-refractivity contribution in [2.24, 2.45) is 0 Å². The predicted molar refractivity (Wildman–Crippen MR) is 143 cm³/mol. The van der Waals surface area contributed by atoms with Gasteiger partial charge in [-0.25, -0.2) is 4.98 Å². The topological polar surface area (TPSA) is 167 Å². The second-order valence-electron chi connectivity index (χ2n) is 9.29. The van der Waals surface area contributed by atoms with Crippen molar-refractivity contribution < 1.29 is 19.7 Å². The van der Waals surface area contributed by atoms with Crippen molar-refractivity contribution >= 4 is 46.1 Å². The molecule has 5 rings (SSSR count). The largest absolute Gasteiger partial charge is 0.387 e. The van der Waals surface area contributed by atoms with E-state index in [2.05, 4.69) is 35.4 Å². The Labute approximate surface area is 224 Å². The van der Waals surface area contributed by atoms with Gasteiger partial charge in [0.1, 0.15) is 17.7 Å². The molecule has 0 saturated carbocycles. The lowest BCUT2D eigenvalue weighted by Gasteiger charge is -2.36. The van der Waals surface area contributed by atoms with Gasteiger partial charge in [-0.05, 0) is 19.1 Å². The number of likely N-dealkylation sites (N-methyl/N-ethyl adjacent to an activating group) is 1. The molecule has 0 unspecified atom stereocenters. The Morgan fingerprint density at radius 1 is 1.18 bits per heavy atom. The van der Waals surface area contributed by atoms with Gasteiger partial charge in [0.2, 0.25) is 5.95 Å². The molecule has 13 nitrogen and oxygen atoms in total. The average molecular weight is 546 g/mol. The number of carbonyl (C=O) groups is 1. The minimum Gasteiger partial charge on any atom is -0.387 e. The number of rotatable bonds is 8. The average Bonchev–Trinajstić information content (AvgIpc) is 3.46. The highest BCUT2D eigenvalue weighted by atomic mass is 35.5. The fraction of sp³-hybridized carbons (Fsp3) is 0.500. The van der Waals surface area contributed by atoms with E-state index in [1.165, 1.54) is 10.9 Å². The molecule has 14 heteroatoms. The number of aliphatic hydroxyl groups is 2. The molecule has 0 aliphatic carbocycles. The number of carbonyl (C=O) groups excluding carboxylic acids is 1. The van der Waals surface area contributed by atoms with Gasteiger partial charge in [0.25, 0.3) is 5.91 Å². The Hall–Kier alpha value is -3.23. The van der Waals surface area contributed by atoms with E-state index < -0.39 is 30.4 Å². The summed E-state index contributed by atoms with van der Waals surface area (Å²) in [6.45, 7) is 7.05. The van der Waals surface area contributed by atoms with Crippen molar-refractivity contribution in [3.05, 3.63) is 35.6 Å². The summed E-state index contributed by atoms with van der Waals surface area (Å²) in [6, 6.07) is 7.88. The summed E-state index contributed by atoms with van der Waals surface area (Å²) in [5, 5.41) is 27.6. The number of nitrogens with one attached hydrogen (secondary N) is 2. The third-order valence-corrected chi connectivity index (χ3v) is 7.17. The number of nitrogen functional groups attached to an aromatic ring is 1. The maximum atomic E-state index is 12.2. The molecule has 204 valence electrons. The normalized spacial score (nSPS) is 24.2. The molecule has 2 fully saturated rings. The highest BCUT2D eigenvalue weighted by Crippen LogP contribution is 2.32. The molecule has 1 amide bonds. The highest BCUT2D eigenvalue weighted by Gasteiger charge is 2.47. The molecule has 1 aromatic carbocycles. The number of anilines is 3. The molecule has 4 heterocycles. The third kappa shape index (κ3) is 5.20. The van der Waals surface area contributed by atoms with E-state index >= 15 is 0 Å². The lowest BCUT2D eigenvalue weighted by atomic mass is 10.1. The van der Waals surface area contributed by atoms with Crippen LogP contribution in [-0.2, 0) is 9.53 Å². The zero-order chi connectivity index (χ0) is 26.8. The number of aromatic nitrogens is 4.